The minimum atomic E-state index is -3.70. The standard InChI is InChI=1S/C20H19ClFN5O2S/c1-13(2)26-9-10-27(30(26,28)29)18-12-24-19(14-3-5-15(22)6-4-14)20(25-18)16-7-8-23-11-17(16)21/h3-8,11-13H,9-10H2,1-2H3. The lowest BCUT2D eigenvalue weighted by Crippen LogP contribution is -2.37. The highest BCUT2D eigenvalue weighted by Crippen LogP contribution is 2.35. The summed E-state index contributed by atoms with van der Waals surface area (Å²) in [6.45, 7) is 4.29. The third-order valence-electron chi connectivity index (χ3n) is 4.83. The highest BCUT2D eigenvalue weighted by molar-refractivity contribution is 7.90. The zero-order valence-corrected chi connectivity index (χ0v) is 17.9. The average Bonchev–Trinajstić information content (AvgIpc) is 3.03. The molecule has 156 valence electrons. The predicted molar refractivity (Wildman–Crippen MR) is 114 cm³/mol. The monoisotopic (exact) mass is 447 g/mol. The summed E-state index contributed by atoms with van der Waals surface area (Å²) in [5, 5.41) is 0.348. The molecule has 1 fully saturated rings. The summed E-state index contributed by atoms with van der Waals surface area (Å²) >= 11 is 6.35. The lowest BCUT2D eigenvalue weighted by atomic mass is 10.0. The maximum Gasteiger partial charge on any atom is 0.305 e. The molecule has 1 aromatic carbocycles. The summed E-state index contributed by atoms with van der Waals surface area (Å²) in [5.74, 6) is -0.171. The maximum atomic E-state index is 13.4. The Kier molecular flexibility index (Phi) is 5.44. The summed E-state index contributed by atoms with van der Waals surface area (Å²) in [7, 11) is -3.70. The van der Waals surface area contributed by atoms with Crippen molar-refractivity contribution in [2.75, 3.05) is 17.4 Å². The van der Waals surface area contributed by atoms with E-state index in [2.05, 4.69) is 15.0 Å². The van der Waals surface area contributed by atoms with Crippen LogP contribution in [0.25, 0.3) is 22.5 Å². The van der Waals surface area contributed by atoms with E-state index in [-0.39, 0.29) is 24.2 Å². The summed E-state index contributed by atoms with van der Waals surface area (Å²) in [4.78, 5) is 13.1. The third-order valence-corrected chi connectivity index (χ3v) is 7.26. The van der Waals surface area contributed by atoms with Crippen molar-refractivity contribution in [3.05, 3.63) is 59.8 Å². The van der Waals surface area contributed by atoms with Crippen LogP contribution in [0.2, 0.25) is 5.02 Å². The van der Waals surface area contributed by atoms with Gasteiger partial charge in [-0.05, 0) is 44.2 Å². The van der Waals surface area contributed by atoms with Crippen molar-refractivity contribution in [1.82, 2.24) is 19.3 Å². The van der Waals surface area contributed by atoms with Crippen LogP contribution >= 0.6 is 11.6 Å². The van der Waals surface area contributed by atoms with Crippen LogP contribution in [0.3, 0.4) is 0 Å². The molecule has 0 radical (unpaired) electrons. The molecule has 0 N–H and O–H groups in total. The van der Waals surface area contributed by atoms with E-state index in [1.54, 1.807) is 24.4 Å². The number of pyridine rings is 1. The first-order valence-electron chi connectivity index (χ1n) is 9.31. The summed E-state index contributed by atoms with van der Waals surface area (Å²) in [6, 6.07) is 7.35. The number of hydrogen-bond acceptors (Lipinski definition) is 5. The van der Waals surface area contributed by atoms with Crippen molar-refractivity contribution in [2.24, 2.45) is 0 Å². The van der Waals surface area contributed by atoms with Gasteiger partial charge in [-0.3, -0.25) is 9.97 Å². The average molecular weight is 448 g/mol. The van der Waals surface area contributed by atoms with Crippen molar-refractivity contribution in [2.45, 2.75) is 19.9 Å². The van der Waals surface area contributed by atoms with Gasteiger partial charge in [-0.2, -0.15) is 12.7 Å². The van der Waals surface area contributed by atoms with E-state index in [4.69, 9.17) is 11.6 Å². The van der Waals surface area contributed by atoms with Gasteiger partial charge in [0.1, 0.15) is 11.5 Å². The Bertz CT molecular complexity index is 1190. The molecule has 2 aromatic heterocycles. The van der Waals surface area contributed by atoms with E-state index < -0.39 is 10.2 Å². The maximum absolute atomic E-state index is 13.4. The Balaban J connectivity index is 1.87. The van der Waals surface area contributed by atoms with Gasteiger partial charge in [0, 0.05) is 36.1 Å². The van der Waals surface area contributed by atoms with Gasteiger partial charge in [-0.15, -0.1) is 0 Å². The third kappa shape index (κ3) is 3.64. The Morgan fingerprint density at radius 2 is 1.80 bits per heavy atom. The summed E-state index contributed by atoms with van der Waals surface area (Å²) in [6.07, 6.45) is 4.46. The molecule has 0 amide bonds. The minimum absolute atomic E-state index is 0.166. The first-order valence-corrected chi connectivity index (χ1v) is 11.1. The number of benzene rings is 1. The molecule has 1 aliphatic heterocycles. The molecule has 10 heteroatoms. The van der Waals surface area contributed by atoms with E-state index in [9.17, 15) is 12.8 Å². The summed E-state index contributed by atoms with van der Waals surface area (Å²) < 4.78 is 42.0. The first kappa shape index (κ1) is 20.6. The molecule has 1 aliphatic rings. The highest BCUT2D eigenvalue weighted by atomic mass is 35.5. The molecule has 0 saturated carbocycles. The molecule has 0 spiro atoms. The van der Waals surface area contributed by atoms with Crippen LogP contribution in [0.5, 0.6) is 0 Å². The largest absolute Gasteiger partial charge is 0.305 e. The van der Waals surface area contributed by atoms with Gasteiger partial charge in [0.2, 0.25) is 0 Å². The van der Waals surface area contributed by atoms with Crippen molar-refractivity contribution in [3.8, 4) is 22.5 Å². The van der Waals surface area contributed by atoms with Crippen LogP contribution in [-0.2, 0) is 10.2 Å². The Morgan fingerprint density at radius 1 is 1.07 bits per heavy atom. The quantitative estimate of drug-likeness (QED) is 0.608. The van der Waals surface area contributed by atoms with Crippen LogP contribution in [0.4, 0.5) is 10.2 Å². The SMILES string of the molecule is CC(C)N1CCN(c2cnc(-c3ccc(F)cc3)c(-c3ccncc3Cl)n2)S1(=O)=O. The fraction of sp³-hybridized carbons (Fsp3) is 0.250. The lowest BCUT2D eigenvalue weighted by molar-refractivity contribution is 0.387. The van der Waals surface area contributed by atoms with Crippen LogP contribution < -0.4 is 4.31 Å². The number of aromatic nitrogens is 3. The Morgan fingerprint density at radius 3 is 2.43 bits per heavy atom. The number of halogens is 2. The molecular formula is C20H19ClFN5O2S. The number of nitrogens with zero attached hydrogens (tertiary/aromatic N) is 5. The second kappa shape index (κ2) is 7.90. The summed E-state index contributed by atoms with van der Waals surface area (Å²) in [5.41, 5.74) is 2.04. The van der Waals surface area contributed by atoms with Gasteiger partial charge < -0.3 is 0 Å². The van der Waals surface area contributed by atoms with Crippen molar-refractivity contribution in [1.29, 1.82) is 0 Å². The van der Waals surface area contributed by atoms with E-state index in [1.165, 1.54) is 33.1 Å². The highest BCUT2D eigenvalue weighted by Gasteiger charge is 2.39. The topological polar surface area (TPSA) is 79.3 Å². The van der Waals surface area contributed by atoms with Crippen LogP contribution in [-0.4, -0.2) is 46.8 Å². The van der Waals surface area contributed by atoms with Gasteiger partial charge in [0.05, 0.1) is 23.5 Å². The van der Waals surface area contributed by atoms with Crippen molar-refractivity contribution >= 4 is 27.6 Å². The first-order chi connectivity index (χ1) is 14.3. The van der Waals surface area contributed by atoms with Crippen molar-refractivity contribution in [3.63, 3.8) is 0 Å². The minimum Gasteiger partial charge on any atom is -0.263 e. The number of hydrogen-bond donors (Lipinski definition) is 0. The van der Waals surface area contributed by atoms with E-state index in [0.29, 0.717) is 34.1 Å². The molecule has 30 heavy (non-hydrogen) atoms. The predicted octanol–water partition coefficient (Wildman–Crippen LogP) is 3.77. The van der Waals surface area contributed by atoms with Crippen LogP contribution in [0.1, 0.15) is 13.8 Å². The van der Waals surface area contributed by atoms with E-state index in [0.717, 1.165) is 0 Å². The van der Waals surface area contributed by atoms with Crippen molar-refractivity contribution < 1.29 is 12.8 Å². The molecule has 0 aliphatic carbocycles. The molecule has 0 atom stereocenters. The van der Waals surface area contributed by atoms with Gasteiger partial charge in [0.25, 0.3) is 0 Å². The molecule has 7 nitrogen and oxygen atoms in total. The zero-order chi connectivity index (χ0) is 21.5. The molecule has 4 rings (SSSR count). The van der Waals surface area contributed by atoms with Crippen LogP contribution in [0.15, 0.2) is 48.9 Å². The van der Waals surface area contributed by atoms with Gasteiger partial charge in [0.15, 0.2) is 5.82 Å². The Hall–Kier alpha value is -2.62. The number of anilines is 1. The second-order valence-corrected chi connectivity index (χ2v) is 9.28. The second-order valence-electron chi connectivity index (χ2n) is 7.07. The number of rotatable bonds is 4. The van der Waals surface area contributed by atoms with E-state index in [1.807, 2.05) is 13.8 Å². The normalized spacial score (nSPS) is 16.4. The molecule has 3 heterocycles. The molecule has 0 unspecified atom stereocenters. The van der Waals surface area contributed by atoms with E-state index >= 15 is 0 Å². The fourth-order valence-electron chi connectivity index (χ4n) is 3.38. The molecule has 3 aromatic rings. The molecule has 0 bridgehead atoms. The molecular weight excluding hydrogens is 429 g/mol. The Labute approximate surface area is 179 Å². The van der Waals surface area contributed by atoms with Crippen LogP contribution in [0, 0.1) is 5.82 Å². The fourth-order valence-corrected chi connectivity index (χ4v) is 5.32. The smallest absolute Gasteiger partial charge is 0.263 e. The van der Waals surface area contributed by atoms with Gasteiger partial charge in [-0.1, -0.05) is 11.6 Å². The zero-order valence-electron chi connectivity index (χ0n) is 16.3. The molecule has 1 saturated heterocycles. The van der Waals surface area contributed by atoms with Gasteiger partial charge >= 0.3 is 10.2 Å². The lowest BCUT2D eigenvalue weighted by Gasteiger charge is -2.22. The van der Waals surface area contributed by atoms with Gasteiger partial charge in [-0.25, -0.2) is 13.7 Å².